The molecule has 0 spiro atoms. The molecule has 0 amide bonds. The number of hydrogen-bond acceptors (Lipinski definition) is 1. The van der Waals surface area contributed by atoms with Crippen molar-refractivity contribution in [1.82, 2.24) is 0 Å². The number of benzene rings is 1. The minimum atomic E-state index is -1.08. The monoisotopic (exact) mass is 326 g/mol. The summed E-state index contributed by atoms with van der Waals surface area (Å²) in [5, 5.41) is 0. The van der Waals surface area contributed by atoms with Crippen LogP contribution in [0.1, 0.15) is 63.9 Å². The Labute approximate surface area is 136 Å². The molecule has 0 aliphatic heterocycles. The van der Waals surface area contributed by atoms with Crippen molar-refractivity contribution in [2.75, 3.05) is 6.61 Å². The van der Waals surface area contributed by atoms with Crippen LogP contribution in [0.5, 0.6) is 5.75 Å². The molecular formula is C19H25F3O. The fourth-order valence-corrected chi connectivity index (χ4v) is 3.36. The lowest BCUT2D eigenvalue weighted by Gasteiger charge is -2.29. The van der Waals surface area contributed by atoms with Crippen LogP contribution in [-0.4, -0.2) is 6.61 Å². The molecule has 1 saturated carbocycles. The number of allylic oxidation sites excluding steroid dienone is 2. The van der Waals surface area contributed by atoms with Gasteiger partial charge in [-0.05, 0) is 57.3 Å². The third kappa shape index (κ3) is 4.30. The molecule has 1 aromatic carbocycles. The Morgan fingerprint density at radius 1 is 1.04 bits per heavy atom. The highest BCUT2D eigenvalue weighted by atomic mass is 19.2. The van der Waals surface area contributed by atoms with Crippen LogP contribution in [0.25, 0.3) is 0 Å². The summed E-state index contributed by atoms with van der Waals surface area (Å²) in [5.41, 5.74) is -0.103. The van der Waals surface area contributed by atoms with Gasteiger partial charge in [-0.3, -0.25) is 0 Å². The molecule has 1 nitrogen and oxygen atoms in total. The standard InChI is InChI=1S/C19H25F3O/c1-3-5-6-7-13-8-10-14(11-9-13)17-15(20)12-16(23-4-2)18(21)19(17)22/h5-6,12-14H,3-4,7-11H2,1-2H3/b6-5+/t13-,14-. The summed E-state index contributed by atoms with van der Waals surface area (Å²) in [7, 11) is 0. The molecule has 4 heteroatoms. The molecule has 1 aromatic rings. The summed E-state index contributed by atoms with van der Waals surface area (Å²) in [5.74, 6) is -2.87. The van der Waals surface area contributed by atoms with Crippen LogP contribution in [0.3, 0.4) is 0 Å². The number of hydrogen-bond donors (Lipinski definition) is 0. The van der Waals surface area contributed by atoms with Gasteiger partial charge in [-0.25, -0.2) is 8.78 Å². The molecule has 128 valence electrons. The van der Waals surface area contributed by atoms with Crippen LogP contribution >= 0.6 is 0 Å². The predicted octanol–water partition coefficient (Wildman–Crippen LogP) is 6.13. The first kappa shape index (κ1) is 17.9. The molecular weight excluding hydrogens is 301 g/mol. The molecule has 0 bridgehead atoms. The summed E-state index contributed by atoms with van der Waals surface area (Å²) >= 11 is 0. The van der Waals surface area contributed by atoms with Gasteiger partial charge in [0.05, 0.1) is 6.61 Å². The third-order valence-corrected chi connectivity index (χ3v) is 4.59. The van der Waals surface area contributed by atoms with E-state index < -0.39 is 17.5 Å². The molecule has 0 unspecified atom stereocenters. The average molecular weight is 326 g/mol. The van der Waals surface area contributed by atoms with Gasteiger partial charge in [0.2, 0.25) is 5.82 Å². The van der Waals surface area contributed by atoms with E-state index in [0.717, 1.165) is 31.7 Å². The molecule has 1 aliphatic carbocycles. The lowest BCUT2D eigenvalue weighted by atomic mass is 9.77. The van der Waals surface area contributed by atoms with Crippen molar-refractivity contribution in [3.05, 3.63) is 41.2 Å². The van der Waals surface area contributed by atoms with E-state index >= 15 is 0 Å². The smallest absolute Gasteiger partial charge is 0.201 e. The lowest BCUT2D eigenvalue weighted by Crippen LogP contribution is -2.16. The summed E-state index contributed by atoms with van der Waals surface area (Å²) in [4.78, 5) is 0. The second-order valence-corrected chi connectivity index (χ2v) is 6.16. The second-order valence-electron chi connectivity index (χ2n) is 6.16. The highest BCUT2D eigenvalue weighted by molar-refractivity contribution is 5.34. The van der Waals surface area contributed by atoms with Gasteiger partial charge in [-0.1, -0.05) is 19.1 Å². The van der Waals surface area contributed by atoms with E-state index in [1.165, 1.54) is 0 Å². The van der Waals surface area contributed by atoms with Crippen molar-refractivity contribution >= 4 is 0 Å². The van der Waals surface area contributed by atoms with Gasteiger partial charge < -0.3 is 4.74 Å². The van der Waals surface area contributed by atoms with E-state index in [0.29, 0.717) is 18.8 Å². The van der Waals surface area contributed by atoms with E-state index in [2.05, 4.69) is 19.1 Å². The minimum Gasteiger partial charge on any atom is -0.491 e. The van der Waals surface area contributed by atoms with Crippen molar-refractivity contribution in [3.8, 4) is 5.75 Å². The normalized spacial score (nSPS) is 21.8. The largest absolute Gasteiger partial charge is 0.491 e. The Morgan fingerprint density at radius 2 is 1.74 bits per heavy atom. The third-order valence-electron chi connectivity index (χ3n) is 4.59. The van der Waals surface area contributed by atoms with Crippen molar-refractivity contribution in [2.24, 2.45) is 5.92 Å². The highest BCUT2D eigenvalue weighted by Crippen LogP contribution is 2.41. The van der Waals surface area contributed by atoms with Crippen molar-refractivity contribution in [1.29, 1.82) is 0 Å². The minimum absolute atomic E-state index is 0.103. The fourth-order valence-electron chi connectivity index (χ4n) is 3.36. The van der Waals surface area contributed by atoms with E-state index in [9.17, 15) is 13.2 Å². The summed E-state index contributed by atoms with van der Waals surface area (Å²) < 4.78 is 47.5. The highest BCUT2D eigenvalue weighted by Gasteiger charge is 2.29. The molecule has 0 radical (unpaired) electrons. The Balaban J connectivity index is 2.09. The van der Waals surface area contributed by atoms with Gasteiger partial charge in [-0.2, -0.15) is 4.39 Å². The zero-order valence-corrected chi connectivity index (χ0v) is 13.9. The van der Waals surface area contributed by atoms with E-state index in [1.807, 2.05) is 0 Å². The van der Waals surface area contributed by atoms with Crippen LogP contribution in [-0.2, 0) is 0 Å². The zero-order valence-electron chi connectivity index (χ0n) is 13.9. The molecule has 2 rings (SSSR count). The maximum absolute atomic E-state index is 14.3. The van der Waals surface area contributed by atoms with Crippen LogP contribution in [0.4, 0.5) is 13.2 Å². The van der Waals surface area contributed by atoms with Gasteiger partial charge in [0.1, 0.15) is 5.82 Å². The summed E-state index contributed by atoms with van der Waals surface area (Å²) in [6, 6.07) is 0.979. The summed E-state index contributed by atoms with van der Waals surface area (Å²) in [6.07, 6.45) is 9.62. The molecule has 0 heterocycles. The lowest BCUT2D eigenvalue weighted by molar-refractivity contribution is 0.296. The number of rotatable bonds is 6. The Hall–Kier alpha value is -1.45. The molecule has 0 aromatic heterocycles. The van der Waals surface area contributed by atoms with Crippen LogP contribution in [0.2, 0.25) is 0 Å². The van der Waals surface area contributed by atoms with E-state index in [4.69, 9.17) is 4.74 Å². The SMILES string of the molecule is CC/C=C/C[C@H]1CC[C@H](c2c(F)cc(OCC)c(F)c2F)CC1. The van der Waals surface area contributed by atoms with Crippen molar-refractivity contribution in [3.63, 3.8) is 0 Å². The maximum atomic E-state index is 14.3. The predicted molar refractivity (Wildman–Crippen MR) is 86.2 cm³/mol. The average Bonchev–Trinajstić information content (AvgIpc) is 2.54. The van der Waals surface area contributed by atoms with E-state index in [-0.39, 0.29) is 23.8 Å². The van der Waals surface area contributed by atoms with Gasteiger partial charge in [0.15, 0.2) is 11.6 Å². The molecule has 0 saturated heterocycles. The van der Waals surface area contributed by atoms with Crippen LogP contribution < -0.4 is 4.74 Å². The number of ether oxygens (including phenoxy) is 1. The first-order valence-corrected chi connectivity index (χ1v) is 8.53. The first-order valence-electron chi connectivity index (χ1n) is 8.53. The molecule has 23 heavy (non-hydrogen) atoms. The molecule has 0 atom stereocenters. The van der Waals surface area contributed by atoms with Gasteiger partial charge in [-0.15, -0.1) is 0 Å². The molecule has 0 N–H and O–H groups in total. The maximum Gasteiger partial charge on any atom is 0.201 e. The van der Waals surface area contributed by atoms with Crippen molar-refractivity contribution < 1.29 is 17.9 Å². The van der Waals surface area contributed by atoms with Crippen molar-refractivity contribution in [2.45, 2.75) is 58.3 Å². The van der Waals surface area contributed by atoms with Crippen LogP contribution in [0, 0.1) is 23.4 Å². The number of halogens is 3. The fraction of sp³-hybridized carbons (Fsp3) is 0.579. The topological polar surface area (TPSA) is 9.23 Å². The van der Waals surface area contributed by atoms with Gasteiger partial charge in [0, 0.05) is 11.6 Å². The zero-order chi connectivity index (χ0) is 16.8. The van der Waals surface area contributed by atoms with Gasteiger partial charge in [0.25, 0.3) is 0 Å². The van der Waals surface area contributed by atoms with Crippen LogP contribution in [0.15, 0.2) is 18.2 Å². The Bertz CT molecular complexity index is 546. The second kappa shape index (κ2) is 8.42. The quantitative estimate of drug-likeness (QED) is 0.451. The Kier molecular flexibility index (Phi) is 6.55. The molecule has 1 aliphatic rings. The van der Waals surface area contributed by atoms with E-state index in [1.54, 1.807) is 6.92 Å². The van der Waals surface area contributed by atoms with Gasteiger partial charge >= 0.3 is 0 Å². The first-order chi connectivity index (χ1) is 11.1. The summed E-state index contributed by atoms with van der Waals surface area (Å²) in [6.45, 7) is 3.92. The molecule has 1 fully saturated rings. The Morgan fingerprint density at radius 3 is 2.35 bits per heavy atom.